The molecule has 0 unspecified atom stereocenters. The highest BCUT2D eigenvalue weighted by Crippen LogP contribution is 2.42. The molecule has 2 heterocycles. The Morgan fingerprint density at radius 3 is 3.00 bits per heavy atom. The van der Waals surface area contributed by atoms with E-state index in [2.05, 4.69) is 35.4 Å². The zero-order valence-corrected chi connectivity index (χ0v) is 14.6. The van der Waals surface area contributed by atoms with Gasteiger partial charge in [-0.2, -0.15) is 0 Å². The summed E-state index contributed by atoms with van der Waals surface area (Å²) in [5, 5.41) is 4.25. The Morgan fingerprint density at radius 1 is 1.42 bits per heavy atom. The standard InChI is InChI=1S/C19H22N2O2S/c1-12-11-20-19(24-12)18(14-6-7-14)21-17(22)10-16-15-5-3-2-4-13(15)8-9-23-16/h2-5,11,14,16,18H,6-10H2,1H3,(H,21,22)/t16-,18+/m1/s1. The molecule has 1 saturated carbocycles. The van der Waals surface area contributed by atoms with Crippen LogP contribution in [-0.2, 0) is 16.0 Å². The SMILES string of the molecule is Cc1cnc([C@@H](NC(=O)C[C@H]2OCCc3ccccc32)C2CC2)s1. The molecule has 1 aromatic carbocycles. The molecule has 4 rings (SSSR count). The normalized spacial score (nSPS) is 21.1. The zero-order chi connectivity index (χ0) is 16.5. The fourth-order valence-electron chi connectivity index (χ4n) is 3.37. The van der Waals surface area contributed by atoms with Crippen LogP contribution in [-0.4, -0.2) is 17.5 Å². The van der Waals surface area contributed by atoms with Gasteiger partial charge in [-0.05, 0) is 43.2 Å². The minimum Gasteiger partial charge on any atom is -0.373 e. The summed E-state index contributed by atoms with van der Waals surface area (Å²) in [5.74, 6) is 0.598. The quantitative estimate of drug-likeness (QED) is 0.901. The number of carbonyl (C=O) groups excluding carboxylic acids is 1. The lowest BCUT2D eigenvalue weighted by Crippen LogP contribution is -2.32. The van der Waals surface area contributed by atoms with Crippen molar-refractivity contribution in [2.24, 2.45) is 5.92 Å². The van der Waals surface area contributed by atoms with Crippen LogP contribution in [0, 0.1) is 12.8 Å². The number of aryl methyl sites for hydroxylation is 1. The van der Waals surface area contributed by atoms with Crippen LogP contribution in [0.25, 0.3) is 0 Å². The first-order chi connectivity index (χ1) is 11.7. The van der Waals surface area contributed by atoms with Gasteiger partial charge in [0, 0.05) is 11.1 Å². The van der Waals surface area contributed by atoms with Crippen LogP contribution in [0.1, 0.15) is 52.4 Å². The Morgan fingerprint density at radius 2 is 2.25 bits per heavy atom. The number of amides is 1. The lowest BCUT2D eigenvalue weighted by molar-refractivity contribution is -0.125. The topological polar surface area (TPSA) is 51.2 Å². The van der Waals surface area contributed by atoms with E-state index in [-0.39, 0.29) is 18.1 Å². The average molecular weight is 342 g/mol. The number of carbonyl (C=O) groups is 1. The lowest BCUT2D eigenvalue weighted by atomic mass is 9.95. The second kappa shape index (κ2) is 6.65. The van der Waals surface area contributed by atoms with Crippen LogP contribution < -0.4 is 5.32 Å². The molecule has 0 bridgehead atoms. The Hall–Kier alpha value is -1.72. The summed E-state index contributed by atoms with van der Waals surface area (Å²) >= 11 is 1.68. The van der Waals surface area contributed by atoms with Crippen LogP contribution in [0.4, 0.5) is 0 Å². The van der Waals surface area contributed by atoms with Crippen molar-refractivity contribution < 1.29 is 9.53 Å². The predicted octanol–water partition coefficient (Wildman–Crippen LogP) is 3.72. The number of nitrogens with zero attached hydrogens (tertiary/aromatic N) is 1. The summed E-state index contributed by atoms with van der Waals surface area (Å²) < 4.78 is 5.87. The molecular formula is C19H22N2O2S. The first-order valence-electron chi connectivity index (χ1n) is 8.62. The number of thiazole rings is 1. The molecule has 0 radical (unpaired) electrons. The molecule has 4 nitrogen and oxygen atoms in total. The third kappa shape index (κ3) is 3.37. The van der Waals surface area contributed by atoms with Crippen LogP contribution in [0.2, 0.25) is 0 Å². The fraction of sp³-hybridized carbons (Fsp3) is 0.474. The van der Waals surface area contributed by atoms with E-state index < -0.39 is 0 Å². The largest absolute Gasteiger partial charge is 0.373 e. The van der Waals surface area contributed by atoms with Gasteiger partial charge >= 0.3 is 0 Å². The van der Waals surface area contributed by atoms with Gasteiger partial charge in [0.15, 0.2) is 0 Å². The van der Waals surface area contributed by atoms with Crippen molar-refractivity contribution in [3.05, 3.63) is 51.5 Å². The monoisotopic (exact) mass is 342 g/mol. The molecule has 5 heteroatoms. The molecule has 1 aromatic heterocycles. The number of nitrogens with one attached hydrogen (secondary N) is 1. The van der Waals surface area contributed by atoms with Gasteiger partial charge in [-0.1, -0.05) is 24.3 Å². The lowest BCUT2D eigenvalue weighted by Gasteiger charge is -2.26. The average Bonchev–Trinajstić information content (AvgIpc) is 3.34. The Labute approximate surface area is 146 Å². The zero-order valence-electron chi connectivity index (χ0n) is 13.8. The van der Waals surface area contributed by atoms with Gasteiger partial charge in [0.2, 0.25) is 5.91 Å². The van der Waals surface area contributed by atoms with Crippen molar-refractivity contribution >= 4 is 17.2 Å². The van der Waals surface area contributed by atoms with Crippen molar-refractivity contribution in [2.75, 3.05) is 6.61 Å². The Bertz CT molecular complexity index is 738. The first-order valence-corrected chi connectivity index (χ1v) is 9.43. The van der Waals surface area contributed by atoms with E-state index in [1.54, 1.807) is 11.3 Å². The molecule has 0 spiro atoms. The number of hydrogen-bond donors (Lipinski definition) is 1. The third-order valence-corrected chi connectivity index (χ3v) is 5.77. The molecule has 1 aliphatic heterocycles. The minimum absolute atomic E-state index is 0.0569. The van der Waals surface area contributed by atoms with Gasteiger partial charge in [0.1, 0.15) is 5.01 Å². The highest BCUT2D eigenvalue weighted by Gasteiger charge is 2.35. The first kappa shape index (κ1) is 15.8. The van der Waals surface area contributed by atoms with Gasteiger partial charge in [0.25, 0.3) is 0 Å². The summed E-state index contributed by atoms with van der Waals surface area (Å²) in [6, 6.07) is 8.34. The summed E-state index contributed by atoms with van der Waals surface area (Å²) in [5.41, 5.74) is 2.46. The van der Waals surface area contributed by atoms with Crippen molar-refractivity contribution in [1.82, 2.24) is 10.3 Å². The van der Waals surface area contributed by atoms with Crippen LogP contribution in [0.5, 0.6) is 0 Å². The van der Waals surface area contributed by atoms with E-state index in [1.807, 2.05) is 12.3 Å². The maximum absolute atomic E-state index is 12.6. The van der Waals surface area contributed by atoms with Crippen LogP contribution >= 0.6 is 11.3 Å². The fourth-order valence-corrected chi connectivity index (χ4v) is 4.29. The highest BCUT2D eigenvalue weighted by molar-refractivity contribution is 7.11. The van der Waals surface area contributed by atoms with Crippen molar-refractivity contribution in [1.29, 1.82) is 0 Å². The van der Waals surface area contributed by atoms with Crippen molar-refractivity contribution in [3.8, 4) is 0 Å². The molecule has 1 aliphatic carbocycles. The van der Waals surface area contributed by atoms with Gasteiger partial charge in [-0.25, -0.2) is 4.98 Å². The summed E-state index contributed by atoms with van der Waals surface area (Å²) in [4.78, 5) is 18.3. The second-order valence-electron chi connectivity index (χ2n) is 6.70. The minimum atomic E-state index is -0.132. The van der Waals surface area contributed by atoms with E-state index in [4.69, 9.17) is 4.74 Å². The molecular weight excluding hydrogens is 320 g/mol. The van der Waals surface area contributed by atoms with Gasteiger partial charge < -0.3 is 10.1 Å². The van der Waals surface area contributed by atoms with Gasteiger partial charge in [0.05, 0.1) is 25.2 Å². The van der Waals surface area contributed by atoms with Gasteiger partial charge in [-0.15, -0.1) is 11.3 Å². The van der Waals surface area contributed by atoms with E-state index in [0.29, 0.717) is 18.9 Å². The van der Waals surface area contributed by atoms with Gasteiger partial charge in [-0.3, -0.25) is 4.79 Å². The molecule has 1 fully saturated rings. The Kier molecular flexibility index (Phi) is 4.37. The second-order valence-corrected chi connectivity index (χ2v) is 7.97. The molecule has 2 atom stereocenters. The van der Waals surface area contributed by atoms with Crippen molar-refractivity contribution in [3.63, 3.8) is 0 Å². The molecule has 0 saturated heterocycles. The number of fused-ring (bicyclic) bond motifs is 1. The van der Waals surface area contributed by atoms with Crippen LogP contribution in [0.15, 0.2) is 30.5 Å². The molecule has 126 valence electrons. The van der Waals surface area contributed by atoms with E-state index in [9.17, 15) is 4.79 Å². The summed E-state index contributed by atoms with van der Waals surface area (Å²) in [7, 11) is 0. The molecule has 2 aliphatic rings. The smallest absolute Gasteiger partial charge is 0.223 e. The summed E-state index contributed by atoms with van der Waals surface area (Å²) in [6.07, 6.45) is 5.41. The number of benzene rings is 1. The van der Waals surface area contributed by atoms with Crippen LogP contribution in [0.3, 0.4) is 0 Å². The van der Waals surface area contributed by atoms with E-state index >= 15 is 0 Å². The maximum atomic E-state index is 12.6. The number of rotatable bonds is 5. The number of hydrogen-bond acceptors (Lipinski definition) is 4. The Balaban J connectivity index is 1.45. The molecule has 1 amide bonds. The van der Waals surface area contributed by atoms with Crippen molar-refractivity contribution in [2.45, 2.75) is 44.8 Å². The number of aromatic nitrogens is 1. The third-order valence-electron chi connectivity index (χ3n) is 4.78. The summed E-state index contributed by atoms with van der Waals surface area (Å²) in [6.45, 7) is 2.74. The van der Waals surface area contributed by atoms with E-state index in [1.165, 1.54) is 23.3 Å². The molecule has 24 heavy (non-hydrogen) atoms. The highest BCUT2D eigenvalue weighted by atomic mass is 32.1. The predicted molar refractivity (Wildman–Crippen MR) is 93.9 cm³/mol. The molecule has 1 N–H and O–H groups in total. The maximum Gasteiger partial charge on any atom is 0.223 e. The van der Waals surface area contributed by atoms with E-state index in [0.717, 1.165) is 17.0 Å². The number of ether oxygens (including phenoxy) is 1. The molecule has 2 aromatic rings.